The van der Waals surface area contributed by atoms with Crippen molar-refractivity contribution in [2.45, 2.75) is 5.41 Å². The highest BCUT2D eigenvalue weighted by molar-refractivity contribution is 9.10. The van der Waals surface area contributed by atoms with E-state index in [0.29, 0.717) is 0 Å². The first kappa shape index (κ1) is 24.5. The van der Waals surface area contributed by atoms with Crippen molar-refractivity contribution >= 4 is 48.2 Å². The Labute approximate surface area is 264 Å². The Morgan fingerprint density at radius 1 is 0.386 bits per heavy atom. The van der Waals surface area contributed by atoms with Crippen LogP contribution in [-0.4, -0.2) is 0 Å². The van der Waals surface area contributed by atoms with Crippen molar-refractivity contribution in [3.8, 4) is 33.4 Å². The lowest BCUT2D eigenvalue weighted by molar-refractivity contribution is 0.781. The average molecular weight is 622 g/mol. The van der Waals surface area contributed by atoms with E-state index in [1.807, 2.05) is 0 Å². The first-order chi connectivity index (χ1) is 21.7. The molecule has 0 unspecified atom stereocenters. The lowest BCUT2D eigenvalue weighted by atomic mass is 9.60. The summed E-state index contributed by atoms with van der Waals surface area (Å²) in [6.45, 7) is 0. The monoisotopic (exact) mass is 620 g/mol. The van der Waals surface area contributed by atoms with Gasteiger partial charge in [0.15, 0.2) is 0 Å². The van der Waals surface area contributed by atoms with Crippen molar-refractivity contribution < 1.29 is 0 Å². The molecule has 8 aromatic carbocycles. The van der Waals surface area contributed by atoms with E-state index < -0.39 is 5.41 Å². The fourth-order valence-corrected chi connectivity index (χ4v) is 8.90. The molecule has 0 fully saturated rings. The predicted octanol–water partition coefficient (Wildman–Crippen LogP) is 11.9. The van der Waals surface area contributed by atoms with Gasteiger partial charge in [-0.05, 0) is 100 Å². The Balaban J connectivity index is 1.38. The molecule has 0 saturated carbocycles. The molecule has 1 spiro atoms. The summed E-state index contributed by atoms with van der Waals surface area (Å²) in [6.07, 6.45) is 0. The Morgan fingerprint density at radius 3 is 1.86 bits per heavy atom. The largest absolute Gasteiger partial charge is 0.0731 e. The van der Waals surface area contributed by atoms with Gasteiger partial charge in [-0.15, -0.1) is 0 Å². The fraction of sp³-hybridized carbons (Fsp3) is 0.0233. The SMILES string of the molecule is Brc1ccc2c3c(cccc13)C1(c3ccccc3-c3ccccc31)c1c-2ccc2cc(-c3cccc4ccccc34)ccc12. The zero-order chi connectivity index (χ0) is 29.0. The molecule has 2 aliphatic carbocycles. The molecular formula is C43H25Br. The number of hydrogen-bond donors (Lipinski definition) is 0. The van der Waals surface area contributed by atoms with Crippen LogP contribution in [0.5, 0.6) is 0 Å². The van der Waals surface area contributed by atoms with Gasteiger partial charge in [0, 0.05) is 4.47 Å². The summed E-state index contributed by atoms with van der Waals surface area (Å²) in [5, 5.41) is 7.73. The Morgan fingerprint density at radius 2 is 1.02 bits per heavy atom. The zero-order valence-electron chi connectivity index (χ0n) is 23.8. The standard InChI is InChI=1S/C43H25Br/c44-40-24-23-34-35-22-20-28-25-27(30-14-7-10-26-9-1-2-11-29(26)30)19-21-31(28)42(35)43(39-18-8-15-36(40)41(34)39)37-16-5-3-12-32(37)33-13-4-6-17-38(33)43/h1-25H. The molecule has 0 amide bonds. The summed E-state index contributed by atoms with van der Waals surface area (Å²) in [6, 6.07) is 56.7. The topological polar surface area (TPSA) is 0 Å². The number of halogens is 1. The molecule has 0 aromatic heterocycles. The molecule has 8 aromatic rings. The second-order valence-electron chi connectivity index (χ2n) is 12.1. The number of fused-ring (bicyclic) bond motifs is 12. The molecule has 0 bridgehead atoms. The van der Waals surface area contributed by atoms with E-state index in [1.165, 1.54) is 88.0 Å². The van der Waals surface area contributed by atoms with Gasteiger partial charge in [-0.25, -0.2) is 0 Å². The van der Waals surface area contributed by atoms with Crippen molar-refractivity contribution in [1.29, 1.82) is 0 Å². The van der Waals surface area contributed by atoms with Crippen molar-refractivity contribution in [2.24, 2.45) is 0 Å². The fourth-order valence-electron chi connectivity index (χ4n) is 8.44. The molecule has 0 aliphatic heterocycles. The predicted molar refractivity (Wildman–Crippen MR) is 188 cm³/mol. The second-order valence-corrected chi connectivity index (χ2v) is 13.0. The van der Waals surface area contributed by atoms with Crippen molar-refractivity contribution in [1.82, 2.24) is 0 Å². The third kappa shape index (κ3) is 2.98. The molecule has 0 radical (unpaired) electrons. The van der Waals surface area contributed by atoms with Gasteiger partial charge in [0.1, 0.15) is 0 Å². The zero-order valence-corrected chi connectivity index (χ0v) is 25.4. The maximum atomic E-state index is 3.91. The molecule has 0 N–H and O–H groups in total. The third-order valence-corrected chi connectivity index (χ3v) is 10.8. The molecule has 0 atom stereocenters. The molecule has 204 valence electrons. The van der Waals surface area contributed by atoms with Crippen LogP contribution in [0, 0.1) is 0 Å². The highest BCUT2D eigenvalue weighted by Crippen LogP contribution is 2.63. The van der Waals surface area contributed by atoms with Gasteiger partial charge in [0.25, 0.3) is 0 Å². The molecule has 1 heteroatoms. The molecule has 44 heavy (non-hydrogen) atoms. The maximum Gasteiger partial charge on any atom is 0.0731 e. The summed E-state index contributed by atoms with van der Waals surface area (Å²) >= 11 is 3.91. The molecule has 10 rings (SSSR count). The van der Waals surface area contributed by atoms with Crippen molar-refractivity contribution in [2.75, 3.05) is 0 Å². The smallest absolute Gasteiger partial charge is 0.0619 e. The van der Waals surface area contributed by atoms with Crippen LogP contribution < -0.4 is 0 Å². The quantitative estimate of drug-likeness (QED) is 0.171. The van der Waals surface area contributed by atoms with Crippen LogP contribution in [0.25, 0.3) is 65.7 Å². The highest BCUT2D eigenvalue weighted by atomic mass is 79.9. The van der Waals surface area contributed by atoms with Gasteiger partial charge >= 0.3 is 0 Å². The second kappa shape index (κ2) is 8.78. The molecule has 0 nitrogen and oxygen atoms in total. The summed E-state index contributed by atoms with van der Waals surface area (Å²) in [5.41, 5.74) is 12.9. The van der Waals surface area contributed by atoms with Gasteiger partial charge in [0.2, 0.25) is 0 Å². The Bertz CT molecular complexity index is 2470. The highest BCUT2D eigenvalue weighted by Gasteiger charge is 2.50. The molecule has 2 aliphatic rings. The minimum absolute atomic E-state index is 0.434. The normalized spacial score (nSPS) is 13.8. The lowest BCUT2D eigenvalue weighted by Crippen LogP contribution is -2.32. The summed E-state index contributed by atoms with van der Waals surface area (Å²) in [5.74, 6) is 0. The van der Waals surface area contributed by atoms with Crippen molar-refractivity contribution in [3.63, 3.8) is 0 Å². The maximum absolute atomic E-state index is 3.91. The van der Waals surface area contributed by atoms with Gasteiger partial charge in [-0.3, -0.25) is 0 Å². The molecule has 0 saturated heterocycles. The summed E-state index contributed by atoms with van der Waals surface area (Å²) in [4.78, 5) is 0. The molecule has 0 heterocycles. The first-order valence-electron chi connectivity index (χ1n) is 15.2. The summed E-state index contributed by atoms with van der Waals surface area (Å²) < 4.78 is 1.14. The van der Waals surface area contributed by atoms with Crippen molar-refractivity contribution in [3.05, 3.63) is 178 Å². The number of benzene rings is 8. The Hall–Kier alpha value is -4.98. The van der Waals surface area contributed by atoms with E-state index in [2.05, 4.69) is 168 Å². The van der Waals surface area contributed by atoms with Crippen LogP contribution in [0.3, 0.4) is 0 Å². The van der Waals surface area contributed by atoms with Gasteiger partial charge in [0.05, 0.1) is 5.41 Å². The van der Waals surface area contributed by atoms with Gasteiger partial charge in [-0.1, -0.05) is 155 Å². The van der Waals surface area contributed by atoms with Crippen LogP contribution in [0.15, 0.2) is 156 Å². The van der Waals surface area contributed by atoms with Crippen LogP contribution in [-0.2, 0) is 5.41 Å². The summed E-state index contributed by atoms with van der Waals surface area (Å²) in [7, 11) is 0. The minimum Gasteiger partial charge on any atom is -0.0619 e. The van der Waals surface area contributed by atoms with E-state index in [4.69, 9.17) is 0 Å². The van der Waals surface area contributed by atoms with Crippen LogP contribution in [0.2, 0.25) is 0 Å². The van der Waals surface area contributed by atoms with Crippen LogP contribution in [0.4, 0.5) is 0 Å². The number of rotatable bonds is 1. The van der Waals surface area contributed by atoms with E-state index in [0.717, 1.165) is 4.47 Å². The third-order valence-electron chi connectivity index (χ3n) is 10.1. The van der Waals surface area contributed by atoms with E-state index in [-0.39, 0.29) is 0 Å². The minimum atomic E-state index is -0.434. The van der Waals surface area contributed by atoms with Gasteiger partial charge < -0.3 is 0 Å². The van der Waals surface area contributed by atoms with Gasteiger partial charge in [-0.2, -0.15) is 0 Å². The number of hydrogen-bond acceptors (Lipinski definition) is 0. The van der Waals surface area contributed by atoms with Crippen LogP contribution >= 0.6 is 15.9 Å². The van der Waals surface area contributed by atoms with Crippen LogP contribution in [0.1, 0.15) is 22.3 Å². The Kier molecular flexibility index (Phi) is 4.88. The average Bonchev–Trinajstić information content (AvgIpc) is 3.38. The first-order valence-corrected chi connectivity index (χ1v) is 16.0. The molecular weight excluding hydrogens is 596 g/mol. The van der Waals surface area contributed by atoms with E-state index in [1.54, 1.807) is 0 Å². The lowest BCUT2D eigenvalue weighted by Gasteiger charge is -2.41. The van der Waals surface area contributed by atoms with E-state index in [9.17, 15) is 0 Å². The van der Waals surface area contributed by atoms with E-state index >= 15 is 0 Å².